The summed E-state index contributed by atoms with van der Waals surface area (Å²) in [5.41, 5.74) is 0. The van der Waals surface area contributed by atoms with Crippen LogP contribution in [0.2, 0.25) is 0 Å². The molecule has 1 aromatic heterocycles. The summed E-state index contributed by atoms with van der Waals surface area (Å²) in [7, 11) is 1.80. The van der Waals surface area contributed by atoms with E-state index in [0.717, 1.165) is 11.9 Å². The van der Waals surface area contributed by atoms with Gasteiger partial charge in [0, 0.05) is 39.6 Å². The molecule has 0 amide bonds. The predicted molar refractivity (Wildman–Crippen MR) is 114 cm³/mol. The number of likely N-dealkylation sites (tertiary alicyclic amines) is 1. The number of aromatic nitrogens is 2. The van der Waals surface area contributed by atoms with Gasteiger partial charge in [-0.2, -0.15) is 4.98 Å². The molecule has 0 radical (unpaired) electrons. The van der Waals surface area contributed by atoms with Crippen molar-refractivity contribution in [1.29, 1.82) is 0 Å². The van der Waals surface area contributed by atoms with Crippen molar-refractivity contribution >= 4 is 29.9 Å². The minimum Gasteiger partial charge on any atom is -0.354 e. The SMILES string of the molecule is CN=C(NCc1noc(C)n1)NC1CCN(CC2CCCCC2)CC1.I. The van der Waals surface area contributed by atoms with E-state index in [1.807, 2.05) is 0 Å². The molecule has 0 atom stereocenters. The molecule has 0 aromatic carbocycles. The smallest absolute Gasteiger partial charge is 0.223 e. The third-order valence-electron chi connectivity index (χ3n) is 5.38. The van der Waals surface area contributed by atoms with Crippen LogP contribution in [0.3, 0.4) is 0 Å². The Labute approximate surface area is 173 Å². The number of aryl methyl sites for hydroxylation is 1. The Morgan fingerprint density at radius 2 is 1.92 bits per heavy atom. The van der Waals surface area contributed by atoms with Crippen molar-refractivity contribution in [3.8, 4) is 0 Å². The molecule has 7 nitrogen and oxygen atoms in total. The Bertz CT molecular complexity index is 550. The zero-order valence-electron chi connectivity index (χ0n) is 16.0. The highest BCUT2D eigenvalue weighted by Crippen LogP contribution is 2.25. The van der Waals surface area contributed by atoms with Crippen LogP contribution in [0.5, 0.6) is 0 Å². The molecule has 2 heterocycles. The number of piperidine rings is 1. The molecule has 2 N–H and O–H groups in total. The minimum absolute atomic E-state index is 0. The number of rotatable bonds is 5. The first-order chi connectivity index (χ1) is 12.2. The number of hydrogen-bond acceptors (Lipinski definition) is 5. The van der Waals surface area contributed by atoms with Gasteiger partial charge in [-0.15, -0.1) is 24.0 Å². The lowest BCUT2D eigenvalue weighted by Crippen LogP contribution is -2.49. The molecule has 0 spiro atoms. The van der Waals surface area contributed by atoms with Crippen molar-refractivity contribution < 1.29 is 4.52 Å². The number of aliphatic imine (C=N–C) groups is 1. The van der Waals surface area contributed by atoms with Crippen LogP contribution in [0.15, 0.2) is 9.52 Å². The molecule has 8 heteroatoms. The Balaban J connectivity index is 0.00000243. The van der Waals surface area contributed by atoms with Crippen molar-refractivity contribution in [2.75, 3.05) is 26.7 Å². The summed E-state index contributed by atoms with van der Waals surface area (Å²) in [6.45, 7) is 6.00. The summed E-state index contributed by atoms with van der Waals surface area (Å²) in [6, 6.07) is 0.487. The molecular weight excluding hydrogens is 443 g/mol. The summed E-state index contributed by atoms with van der Waals surface area (Å²) >= 11 is 0. The van der Waals surface area contributed by atoms with Crippen molar-refractivity contribution in [3.63, 3.8) is 0 Å². The number of hydrogen-bond donors (Lipinski definition) is 2. The fraction of sp³-hybridized carbons (Fsp3) is 0.833. The van der Waals surface area contributed by atoms with Gasteiger partial charge in [-0.3, -0.25) is 4.99 Å². The zero-order valence-corrected chi connectivity index (χ0v) is 18.4. The van der Waals surface area contributed by atoms with E-state index < -0.39 is 0 Å². The van der Waals surface area contributed by atoms with E-state index >= 15 is 0 Å². The highest BCUT2D eigenvalue weighted by Gasteiger charge is 2.23. The maximum absolute atomic E-state index is 4.99. The van der Waals surface area contributed by atoms with Crippen molar-refractivity contribution in [2.24, 2.45) is 10.9 Å². The van der Waals surface area contributed by atoms with Gasteiger partial charge < -0.3 is 20.1 Å². The Morgan fingerprint density at radius 3 is 2.54 bits per heavy atom. The van der Waals surface area contributed by atoms with Gasteiger partial charge in [-0.05, 0) is 31.6 Å². The number of halogens is 1. The van der Waals surface area contributed by atoms with Gasteiger partial charge >= 0.3 is 0 Å². The van der Waals surface area contributed by atoms with Crippen LogP contribution in [0.25, 0.3) is 0 Å². The van der Waals surface area contributed by atoms with Crippen LogP contribution in [0.4, 0.5) is 0 Å². The molecule has 0 unspecified atom stereocenters. The molecule has 1 aliphatic heterocycles. The second-order valence-corrected chi connectivity index (χ2v) is 7.38. The lowest BCUT2D eigenvalue weighted by atomic mass is 9.88. The van der Waals surface area contributed by atoms with Gasteiger partial charge in [0.25, 0.3) is 0 Å². The molecule has 1 aliphatic carbocycles. The quantitative estimate of drug-likeness (QED) is 0.387. The van der Waals surface area contributed by atoms with Gasteiger partial charge in [-0.1, -0.05) is 24.4 Å². The molecule has 1 saturated carbocycles. The summed E-state index contributed by atoms with van der Waals surface area (Å²) in [5.74, 6) is 2.99. The lowest BCUT2D eigenvalue weighted by Gasteiger charge is -2.36. The highest BCUT2D eigenvalue weighted by atomic mass is 127. The maximum atomic E-state index is 4.99. The molecular formula is C18H33IN6O. The van der Waals surface area contributed by atoms with Crippen LogP contribution < -0.4 is 10.6 Å². The first kappa shape index (κ1) is 21.4. The van der Waals surface area contributed by atoms with E-state index in [-0.39, 0.29) is 24.0 Å². The minimum atomic E-state index is 0. The highest BCUT2D eigenvalue weighted by molar-refractivity contribution is 14.0. The monoisotopic (exact) mass is 476 g/mol. The first-order valence-corrected chi connectivity index (χ1v) is 9.71. The first-order valence-electron chi connectivity index (χ1n) is 9.71. The molecule has 148 valence electrons. The third kappa shape index (κ3) is 6.68. The van der Waals surface area contributed by atoms with Crippen molar-refractivity contribution in [3.05, 3.63) is 11.7 Å². The molecule has 26 heavy (non-hydrogen) atoms. The number of guanidine groups is 1. The zero-order chi connectivity index (χ0) is 17.5. The van der Waals surface area contributed by atoms with Crippen molar-refractivity contribution in [2.45, 2.75) is 64.5 Å². The third-order valence-corrected chi connectivity index (χ3v) is 5.38. The normalized spacial score (nSPS) is 20.6. The average molecular weight is 476 g/mol. The molecule has 2 fully saturated rings. The van der Waals surface area contributed by atoms with Gasteiger partial charge in [0.2, 0.25) is 5.89 Å². The fourth-order valence-electron chi connectivity index (χ4n) is 3.96. The fourth-order valence-corrected chi connectivity index (χ4v) is 3.96. The molecule has 2 aliphatic rings. The standard InChI is InChI=1S/C18H32N6O.HI/c1-14-21-17(23-25-14)12-20-18(19-2)22-16-8-10-24(11-9-16)13-15-6-4-3-5-7-15;/h15-16H,3-13H2,1-2H3,(H2,19,20,22);1H. The molecule has 1 aromatic rings. The van der Waals surface area contributed by atoms with Gasteiger partial charge in [-0.25, -0.2) is 0 Å². The Hall–Kier alpha value is -0.900. The Morgan fingerprint density at radius 1 is 1.19 bits per heavy atom. The summed E-state index contributed by atoms with van der Waals surface area (Å²) in [4.78, 5) is 11.2. The maximum Gasteiger partial charge on any atom is 0.223 e. The van der Waals surface area contributed by atoms with E-state index in [2.05, 4.69) is 30.7 Å². The Kier molecular flexibility index (Phi) is 9.10. The molecule has 0 bridgehead atoms. The van der Waals surface area contributed by atoms with Crippen LogP contribution in [-0.2, 0) is 6.54 Å². The van der Waals surface area contributed by atoms with E-state index in [9.17, 15) is 0 Å². The van der Waals surface area contributed by atoms with Gasteiger partial charge in [0.1, 0.15) is 0 Å². The summed E-state index contributed by atoms with van der Waals surface area (Å²) in [6.07, 6.45) is 9.53. The number of nitrogens with one attached hydrogen (secondary N) is 2. The van der Waals surface area contributed by atoms with Crippen LogP contribution >= 0.6 is 24.0 Å². The van der Waals surface area contributed by atoms with Gasteiger partial charge in [0.05, 0.1) is 6.54 Å². The van der Waals surface area contributed by atoms with Crippen molar-refractivity contribution in [1.82, 2.24) is 25.7 Å². The van der Waals surface area contributed by atoms with E-state index in [1.54, 1.807) is 14.0 Å². The molecule has 1 saturated heterocycles. The van der Waals surface area contributed by atoms with E-state index in [4.69, 9.17) is 4.52 Å². The number of nitrogens with zero attached hydrogens (tertiary/aromatic N) is 4. The van der Waals surface area contributed by atoms with Gasteiger partial charge in [0.15, 0.2) is 11.8 Å². The van der Waals surface area contributed by atoms with E-state index in [0.29, 0.717) is 24.3 Å². The van der Waals surface area contributed by atoms with Crippen LogP contribution in [0.1, 0.15) is 56.7 Å². The second kappa shape index (κ2) is 11.1. The lowest BCUT2D eigenvalue weighted by molar-refractivity contribution is 0.160. The van der Waals surface area contributed by atoms with Crippen LogP contribution in [-0.4, -0.2) is 53.7 Å². The second-order valence-electron chi connectivity index (χ2n) is 7.38. The summed E-state index contributed by atoms with van der Waals surface area (Å²) < 4.78 is 4.99. The van der Waals surface area contributed by atoms with E-state index in [1.165, 1.54) is 64.6 Å². The summed E-state index contributed by atoms with van der Waals surface area (Å²) in [5, 5.41) is 10.7. The predicted octanol–water partition coefficient (Wildman–Crippen LogP) is 2.71. The van der Waals surface area contributed by atoms with Crippen LogP contribution in [0, 0.1) is 12.8 Å². The molecule has 3 rings (SSSR count). The largest absolute Gasteiger partial charge is 0.354 e. The average Bonchev–Trinajstić information content (AvgIpc) is 3.06. The topological polar surface area (TPSA) is 78.6 Å².